The van der Waals surface area contributed by atoms with Gasteiger partial charge in [0.15, 0.2) is 18.9 Å². The van der Waals surface area contributed by atoms with Crippen LogP contribution in [0.3, 0.4) is 0 Å². The van der Waals surface area contributed by atoms with Gasteiger partial charge in [0.2, 0.25) is 0 Å². The molecule has 0 amide bonds. The molecule has 0 saturated carbocycles. The molecule has 0 saturated heterocycles. The van der Waals surface area contributed by atoms with E-state index in [1.165, 1.54) is 25.7 Å². The first-order valence-corrected chi connectivity index (χ1v) is 20.6. The summed E-state index contributed by atoms with van der Waals surface area (Å²) in [5.41, 5.74) is 3.18. The Labute approximate surface area is 338 Å². The van der Waals surface area contributed by atoms with E-state index in [0.29, 0.717) is 33.0 Å². The summed E-state index contributed by atoms with van der Waals surface area (Å²) in [5.74, 6) is 0. The fraction of sp³-hybridized carbons (Fsp3) is 0.489. The van der Waals surface area contributed by atoms with Gasteiger partial charge in [-0.05, 0) is 41.3 Å². The van der Waals surface area contributed by atoms with Gasteiger partial charge >= 0.3 is 0 Å². The van der Waals surface area contributed by atoms with Crippen LogP contribution in [0, 0.1) is 0 Å². The molecule has 9 atom stereocenters. The largest absolute Gasteiger partial charge is 0.386 e. The van der Waals surface area contributed by atoms with Gasteiger partial charge < -0.3 is 47.7 Å². The van der Waals surface area contributed by atoms with Crippen LogP contribution >= 0.6 is 0 Å². The molecule has 3 aromatic rings. The number of aliphatic hydroxyl groups excluding tert-OH is 1. The third kappa shape index (κ3) is 15.0. The molecule has 0 aromatic heterocycles. The lowest BCUT2D eigenvalue weighted by Gasteiger charge is -2.38. The highest BCUT2D eigenvalue weighted by atomic mass is 16.7. The summed E-state index contributed by atoms with van der Waals surface area (Å²) < 4.78 is 56.4. The van der Waals surface area contributed by atoms with Crippen LogP contribution in [0.15, 0.2) is 127 Å². The van der Waals surface area contributed by atoms with Gasteiger partial charge in [-0.25, -0.2) is 0 Å². The van der Waals surface area contributed by atoms with Crippen LogP contribution in [0.25, 0.3) is 0 Å². The van der Waals surface area contributed by atoms with E-state index in [9.17, 15) is 5.11 Å². The zero-order valence-electron chi connectivity index (χ0n) is 33.1. The van der Waals surface area contributed by atoms with Gasteiger partial charge in [-0.3, -0.25) is 0 Å². The predicted molar refractivity (Wildman–Crippen MR) is 217 cm³/mol. The van der Waals surface area contributed by atoms with Gasteiger partial charge in [0, 0.05) is 0 Å². The molecule has 10 nitrogen and oxygen atoms in total. The molecule has 3 heterocycles. The number of rotatable bonds is 24. The molecule has 0 fully saturated rings. The third-order valence-corrected chi connectivity index (χ3v) is 9.97. The quantitative estimate of drug-likeness (QED) is 0.0711. The first kappa shape index (κ1) is 43.1. The van der Waals surface area contributed by atoms with Crippen molar-refractivity contribution in [3.8, 4) is 0 Å². The van der Waals surface area contributed by atoms with Crippen molar-refractivity contribution in [2.75, 3.05) is 26.4 Å². The molecule has 3 aliphatic heterocycles. The van der Waals surface area contributed by atoms with E-state index in [4.69, 9.17) is 42.6 Å². The summed E-state index contributed by atoms with van der Waals surface area (Å²) >= 11 is 0. The van der Waals surface area contributed by atoms with Crippen molar-refractivity contribution in [2.24, 2.45) is 0 Å². The minimum absolute atomic E-state index is 0.203. The summed E-state index contributed by atoms with van der Waals surface area (Å²) in [5, 5.41) is 10.6. The summed E-state index contributed by atoms with van der Waals surface area (Å²) in [6, 6.07) is 30.0. The van der Waals surface area contributed by atoms with Crippen LogP contribution in [0.1, 0.15) is 62.1 Å². The smallest absolute Gasteiger partial charge is 0.178 e. The van der Waals surface area contributed by atoms with Crippen LogP contribution in [0.4, 0.5) is 0 Å². The summed E-state index contributed by atoms with van der Waals surface area (Å²) in [6.45, 7) is 4.89. The zero-order chi connectivity index (χ0) is 39.3. The molecule has 308 valence electrons. The lowest BCUT2D eigenvalue weighted by atomic mass is 10.1. The highest BCUT2D eigenvalue weighted by molar-refractivity contribution is 5.15. The molecule has 0 radical (unpaired) electrons. The van der Waals surface area contributed by atoms with Crippen molar-refractivity contribution >= 4 is 0 Å². The summed E-state index contributed by atoms with van der Waals surface area (Å²) in [7, 11) is 0. The Hall–Kier alpha value is -3.52. The number of ether oxygens (including phenoxy) is 9. The molecule has 0 unspecified atom stereocenters. The molecule has 0 bridgehead atoms. The molecule has 6 rings (SSSR count). The first-order chi connectivity index (χ1) is 28.1. The third-order valence-electron chi connectivity index (χ3n) is 9.97. The van der Waals surface area contributed by atoms with Gasteiger partial charge in [-0.1, -0.05) is 148 Å². The molecular formula is C47H60O10. The molecule has 57 heavy (non-hydrogen) atoms. The SMILES string of the molecule is CCCCCCCCO[C@@H]1C=C[C@H](O[C@@H]2C=C[C@H](O[C@@H]3C=C[C@H](O)[C@@H](COCc4ccccc4)O3)[C@@H](COCc3ccccc3)O2)[C@@H](COCc2ccccc2)O1. The van der Waals surface area contributed by atoms with Crippen molar-refractivity contribution in [2.45, 2.75) is 121 Å². The molecule has 3 aromatic carbocycles. The molecule has 0 aliphatic carbocycles. The van der Waals surface area contributed by atoms with Crippen molar-refractivity contribution in [1.82, 2.24) is 0 Å². The van der Waals surface area contributed by atoms with E-state index < -0.39 is 55.5 Å². The number of unbranched alkanes of at least 4 members (excludes halogenated alkanes) is 5. The number of aliphatic hydroxyl groups is 1. The standard InChI is InChI=1S/C47H60O10/c1-2-3-4-5-6-16-29-52-45-27-24-40(43(56-45)34-50-31-37-19-12-8-13-20-37)54-47-28-25-41(44(57-47)35-51-32-38-21-14-9-15-22-38)53-46-26-23-39(48)42(55-46)33-49-30-36-17-10-7-11-18-36/h7-15,17-28,39-48H,2-6,16,29-35H2,1H3/t39-,40-,41-,42+,43+,44+,45-,46-,47-/m0/s1. The van der Waals surface area contributed by atoms with Gasteiger partial charge in [-0.2, -0.15) is 0 Å². The summed E-state index contributed by atoms with van der Waals surface area (Å²) in [6.07, 6.45) is 12.9. The van der Waals surface area contributed by atoms with Crippen LogP contribution in [0.5, 0.6) is 0 Å². The topological polar surface area (TPSA) is 103 Å². The first-order valence-electron chi connectivity index (χ1n) is 20.6. The Morgan fingerprint density at radius 3 is 1.42 bits per heavy atom. The van der Waals surface area contributed by atoms with Crippen molar-refractivity contribution in [1.29, 1.82) is 0 Å². The maximum Gasteiger partial charge on any atom is 0.178 e. The normalized spacial score (nSPS) is 27.2. The van der Waals surface area contributed by atoms with E-state index in [-0.39, 0.29) is 13.2 Å². The molecule has 3 aliphatic rings. The monoisotopic (exact) mass is 784 g/mol. The van der Waals surface area contributed by atoms with E-state index in [1.54, 1.807) is 12.2 Å². The van der Waals surface area contributed by atoms with Gasteiger partial charge in [0.1, 0.15) is 36.6 Å². The van der Waals surface area contributed by atoms with Crippen LogP contribution in [-0.2, 0) is 62.5 Å². The highest BCUT2D eigenvalue weighted by Gasteiger charge is 2.36. The van der Waals surface area contributed by atoms with Crippen LogP contribution in [0.2, 0.25) is 0 Å². The average molecular weight is 785 g/mol. The van der Waals surface area contributed by atoms with Gasteiger partial charge in [0.05, 0.1) is 46.2 Å². The lowest BCUT2D eigenvalue weighted by Crippen LogP contribution is -2.48. The second-order valence-corrected chi connectivity index (χ2v) is 14.6. The average Bonchev–Trinajstić information content (AvgIpc) is 3.24. The number of hydrogen-bond acceptors (Lipinski definition) is 10. The maximum absolute atomic E-state index is 10.6. The van der Waals surface area contributed by atoms with Gasteiger partial charge in [0.25, 0.3) is 0 Å². The fourth-order valence-corrected chi connectivity index (χ4v) is 6.78. The Bertz CT molecular complexity index is 1600. The van der Waals surface area contributed by atoms with Crippen molar-refractivity contribution in [3.63, 3.8) is 0 Å². The Morgan fingerprint density at radius 2 is 0.895 bits per heavy atom. The van der Waals surface area contributed by atoms with Crippen LogP contribution in [-0.4, -0.2) is 87.0 Å². The predicted octanol–water partition coefficient (Wildman–Crippen LogP) is 7.99. The summed E-state index contributed by atoms with van der Waals surface area (Å²) in [4.78, 5) is 0. The molecule has 1 N–H and O–H groups in total. The minimum atomic E-state index is -0.822. The second-order valence-electron chi connectivity index (χ2n) is 14.6. The van der Waals surface area contributed by atoms with E-state index in [1.807, 2.05) is 115 Å². The number of hydrogen-bond donors (Lipinski definition) is 1. The molecule has 0 spiro atoms. The van der Waals surface area contributed by atoms with Crippen molar-refractivity contribution < 1.29 is 47.7 Å². The van der Waals surface area contributed by atoms with Gasteiger partial charge in [-0.15, -0.1) is 0 Å². The molecule has 10 heteroatoms. The van der Waals surface area contributed by atoms with E-state index in [2.05, 4.69) is 6.92 Å². The van der Waals surface area contributed by atoms with E-state index >= 15 is 0 Å². The van der Waals surface area contributed by atoms with Crippen LogP contribution < -0.4 is 0 Å². The van der Waals surface area contributed by atoms with E-state index in [0.717, 1.165) is 29.5 Å². The fourth-order valence-electron chi connectivity index (χ4n) is 6.78. The number of benzene rings is 3. The Kier molecular flexibility index (Phi) is 18.4. The highest BCUT2D eigenvalue weighted by Crippen LogP contribution is 2.26. The Morgan fingerprint density at radius 1 is 0.474 bits per heavy atom. The second kappa shape index (κ2) is 24.4. The minimum Gasteiger partial charge on any atom is -0.386 e. The maximum atomic E-state index is 10.6. The zero-order valence-corrected chi connectivity index (χ0v) is 33.1. The Balaban J connectivity index is 1.07. The lowest BCUT2D eigenvalue weighted by molar-refractivity contribution is -0.259. The molecular weight excluding hydrogens is 725 g/mol. The van der Waals surface area contributed by atoms with Crippen molar-refractivity contribution in [3.05, 3.63) is 144 Å².